The molecule has 13 heavy (non-hydrogen) atoms. The Balaban J connectivity index is 2.61. The van der Waals surface area contributed by atoms with Crippen molar-refractivity contribution in [3.63, 3.8) is 0 Å². The monoisotopic (exact) mass is 187 g/mol. The highest BCUT2D eigenvalue weighted by molar-refractivity contribution is 4.93. The summed E-state index contributed by atoms with van der Waals surface area (Å²) < 4.78 is 0. The fourth-order valence-corrected chi connectivity index (χ4v) is 2.39. The molecule has 4 nitrogen and oxygen atoms in total. The van der Waals surface area contributed by atoms with Gasteiger partial charge in [-0.15, -0.1) is 0 Å². The number of hydrogen-bond donors (Lipinski definition) is 4. The predicted molar refractivity (Wildman–Crippen MR) is 52.9 cm³/mol. The third-order valence-electron chi connectivity index (χ3n) is 3.02. The summed E-state index contributed by atoms with van der Waals surface area (Å²) in [7, 11) is 0. The molecule has 0 bridgehead atoms. The Bertz CT molecular complexity index is 153. The highest BCUT2D eigenvalue weighted by Gasteiger charge is 2.36. The van der Waals surface area contributed by atoms with E-state index in [9.17, 15) is 5.11 Å². The molecule has 78 valence electrons. The third-order valence-corrected chi connectivity index (χ3v) is 3.02. The Morgan fingerprint density at radius 3 is 2.15 bits per heavy atom. The number of hydrogen-bond acceptors (Lipinski definition) is 4. The van der Waals surface area contributed by atoms with Crippen LogP contribution in [-0.4, -0.2) is 29.8 Å². The van der Waals surface area contributed by atoms with Crippen LogP contribution in [0.15, 0.2) is 0 Å². The molecule has 0 saturated heterocycles. The minimum Gasteiger partial charge on any atom is -0.391 e. The molecule has 0 aromatic rings. The molecule has 0 aromatic heterocycles. The van der Waals surface area contributed by atoms with Gasteiger partial charge in [0.2, 0.25) is 0 Å². The van der Waals surface area contributed by atoms with Crippen molar-refractivity contribution in [2.45, 2.75) is 38.0 Å². The maximum absolute atomic E-state index is 9.62. The standard InChI is InChI=1S/C9H21N3O/c1-5-2-6(11)9(7(12)3-5)8(13)4-10/h5-9,13H,2-4,10-12H2,1H3. The zero-order valence-electron chi connectivity index (χ0n) is 8.19. The van der Waals surface area contributed by atoms with Crippen LogP contribution < -0.4 is 17.2 Å². The summed E-state index contributed by atoms with van der Waals surface area (Å²) in [6, 6.07) is -0.00500. The lowest BCUT2D eigenvalue weighted by molar-refractivity contribution is 0.0548. The van der Waals surface area contributed by atoms with Gasteiger partial charge in [0.1, 0.15) is 0 Å². The molecule has 3 atom stereocenters. The third kappa shape index (κ3) is 2.40. The lowest BCUT2D eigenvalue weighted by Gasteiger charge is -2.39. The molecule has 0 spiro atoms. The summed E-state index contributed by atoms with van der Waals surface area (Å²) >= 11 is 0. The molecule has 0 aromatic carbocycles. The lowest BCUT2D eigenvalue weighted by atomic mass is 9.74. The SMILES string of the molecule is CC1CC(N)C(C(O)CN)C(N)C1. The van der Waals surface area contributed by atoms with Crippen LogP contribution in [0, 0.1) is 11.8 Å². The Labute approximate surface area is 79.5 Å². The molecule has 7 N–H and O–H groups in total. The van der Waals surface area contributed by atoms with Gasteiger partial charge in [0.15, 0.2) is 0 Å². The quantitative estimate of drug-likeness (QED) is 0.446. The molecule has 0 aliphatic heterocycles. The van der Waals surface area contributed by atoms with Gasteiger partial charge in [0.05, 0.1) is 6.10 Å². The molecule has 0 heterocycles. The second-order valence-corrected chi connectivity index (χ2v) is 4.28. The second-order valence-electron chi connectivity index (χ2n) is 4.28. The average Bonchev–Trinajstić information content (AvgIpc) is 2.02. The zero-order chi connectivity index (χ0) is 10.0. The van der Waals surface area contributed by atoms with E-state index in [1.807, 2.05) is 0 Å². The summed E-state index contributed by atoms with van der Waals surface area (Å²) in [6.45, 7) is 2.39. The molecular weight excluding hydrogens is 166 g/mol. The van der Waals surface area contributed by atoms with Crippen LogP contribution in [0.1, 0.15) is 19.8 Å². The van der Waals surface area contributed by atoms with E-state index in [0.717, 1.165) is 12.8 Å². The summed E-state index contributed by atoms with van der Waals surface area (Å²) in [5.74, 6) is 0.535. The normalized spacial score (nSPS) is 43.2. The van der Waals surface area contributed by atoms with Gasteiger partial charge in [-0.05, 0) is 18.8 Å². The first-order valence-corrected chi connectivity index (χ1v) is 4.95. The van der Waals surface area contributed by atoms with Crippen molar-refractivity contribution in [1.82, 2.24) is 0 Å². The van der Waals surface area contributed by atoms with Crippen LogP contribution in [0.25, 0.3) is 0 Å². The van der Waals surface area contributed by atoms with Crippen LogP contribution in [0.4, 0.5) is 0 Å². The van der Waals surface area contributed by atoms with Gasteiger partial charge in [-0.3, -0.25) is 0 Å². The lowest BCUT2D eigenvalue weighted by Crippen LogP contribution is -2.55. The number of rotatable bonds is 2. The zero-order valence-corrected chi connectivity index (χ0v) is 8.19. The summed E-state index contributed by atoms with van der Waals surface area (Å²) in [6.07, 6.45) is 1.34. The van der Waals surface area contributed by atoms with Gasteiger partial charge < -0.3 is 22.3 Å². The molecule has 1 aliphatic rings. The number of aliphatic hydroxyl groups excluding tert-OH is 1. The van der Waals surface area contributed by atoms with Gasteiger partial charge in [-0.2, -0.15) is 0 Å². The maximum Gasteiger partial charge on any atom is 0.0720 e. The molecule has 1 rings (SSSR count). The molecule has 0 amide bonds. The topological polar surface area (TPSA) is 98.3 Å². The van der Waals surface area contributed by atoms with Crippen molar-refractivity contribution < 1.29 is 5.11 Å². The molecule has 1 fully saturated rings. The minimum atomic E-state index is -0.544. The molecular formula is C9H21N3O. The van der Waals surface area contributed by atoms with Crippen LogP contribution in [0.5, 0.6) is 0 Å². The number of nitrogens with two attached hydrogens (primary N) is 3. The van der Waals surface area contributed by atoms with E-state index in [4.69, 9.17) is 17.2 Å². The van der Waals surface area contributed by atoms with Crippen LogP contribution in [0.3, 0.4) is 0 Å². The van der Waals surface area contributed by atoms with Gasteiger partial charge in [-0.1, -0.05) is 6.92 Å². The van der Waals surface area contributed by atoms with Crippen molar-refractivity contribution in [1.29, 1.82) is 0 Å². The summed E-state index contributed by atoms with van der Waals surface area (Å²) in [5, 5.41) is 9.62. The first-order valence-electron chi connectivity index (χ1n) is 4.95. The predicted octanol–water partition coefficient (Wildman–Crippen LogP) is -0.993. The van der Waals surface area contributed by atoms with Gasteiger partial charge >= 0.3 is 0 Å². The molecule has 0 radical (unpaired) electrons. The smallest absolute Gasteiger partial charge is 0.0720 e. The highest BCUT2D eigenvalue weighted by atomic mass is 16.3. The van der Waals surface area contributed by atoms with Crippen LogP contribution in [-0.2, 0) is 0 Å². The first-order chi connectivity index (χ1) is 6.06. The molecule has 3 unspecified atom stereocenters. The largest absolute Gasteiger partial charge is 0.391 e. The van der Waals surface area contributed by atoms with E-state index in [2.05, 4.69) is 6.92 Å². The maximum atomic E-state index is 9.62. The van der Waals surface area contributed by atoms with E-state index in [0.29, 0.717) is 5.92 Å². The summed E-state index contributed by atoms with van der Waals surface area (Å²) in [5.41, 5.74) is 17.3. The van der Waals surface area contributed by atoms with Crippen molar-refractivity contribution >= 4 is 0 Å². The fourth-order valence-electron chi connectivity index (χ4n) is 2.39. The van der Waals surface area contributed by atoms with Crippen molar-refractivity contribution in [2.24, 2.45) is 29.0 Å². The van der Waals surface area contributed by atoms with E-state index in [1.54, 1.807) is 0 Å². The summed E-state index contributed by atoms with van der Waals surface area (Å²) in [4.78, 5) is 0. The average molecular weight is 187 g/mol. The molecule has 1 saturated carbocycles. The van der Waals surface area contributed by atoms with Gasteiger partial charge in [-0.25, -0.2) is 0 Å². The Kier molecular flexibility index (Phi) is 3.67. The highest BCUT2D eigenvalue weighted by Crippen LogP contribution is 2.28. The Morgan fingerprint density at radius 2 is 1.77 bits per heavy atom. The van der Waals surface area contributed by atoms with Gasteiger partial charge in [0.25, 0.3) is 0 Å². The van der Waals surface area contributed by atoms with Crippen molar-refractivity contribution in [3.8, 4) is 0 Å². The van der Waals surface area contributed by atoms with E-state index >= 15 is 0 Å². The molecule has 1 aliphatic carbocycles. The van der Waals surface area contributed by atoms with E-state index in [-0.39, 0.29) is 24.5 Å². The number of aliphatic hydroxyl groups is 1. The van der Waals surface area contributed by atoms with Crippen molar-refractivity contribution in [2.75, 3.05) is 6.54 Å². The molecule has 4 heteroatoms. The second kappa shape index (κ2) is 4.37. The Morgan fingerprint density at radius 1 is 1.31 bits per heavy atom. The van der Waals surface area contributed by atoms with E-state index < -0.39 is 6.10 Å². The van der Waals surface area contributed by atoms with Crippen LogP contribution in [0.2, 0.25) is 0 Å². The first kappa shape index (κ1) is 10.9. The Hall–Kier alpha value is -0.160. The van der Waals surface area contributed by atoms with Crippen LogP contribution >= 0.6 is 0 Å². The van der Waals surface area contributed by atoms with Crippen molar-refractivity contribution in [3.05, 3.63) is 0 Å². The van der Waals surface area contributed by atoms with Gasteiger partial charge in [0, 0.05) is 24.5 Å². The minimum absolute atomic E-state index is 0.00250. The fraction of sp³-hybridized carbons (Fsp3) is 1.00. The van der Waals surface area contributed by atoms with E-state index in [1.165, 1.54) is 0 Å².